The van der Waals surface area contributed by atoms with E-state index in [9.17, 15) is 19.7 Å². The summed E-state index contributed by atoms with van der Waals surface area (Å²) in [5.74, 6) is -1.91. The number of hydrogen-bond acceptors (Lipinski definition) is 6. The number of anilines is 1. The molecule has 2 aliphatic heterocycles. The highest BCUT2D eigenvalue weighted by molar-refractivity contribution is 6.31. The zero-order valence-corrected chi connectivity index (χ0v) is 18.3. The monoisotopic (exact) mass is 462 g/mol. The standard InChI is InChI=1S/C24H19ClN4O4/c1-28-13-18(14-4-2-6-17(10-14)29(32)33)21(22(30)15-5-3-9-26-12-15)24(28)19-11-16(25)7-8-20(19)27-23(24)31/h2-12,18,21H,13H2,1H3,(H,27,31)/t18-,21-,24-/m1/s1. The predicted molar refractivity (Wildman–Crippen MR) is 122 cm³/mol. The highest BCUT2D eigenvalue weighted by Crippen LogP contribution is 2.56. The van der Waals surface area contributed by atoms with Gasteiger partial charge in [0.1, 0.15) is 5.54 Å². The van der Waals surface area contributed by atoms with Crippen molar-refractivity contribution in [1.29, 1.82) is 0 Å². The Bertz CT molecular complexity index is 1300. The summed E-state index contributed by atoms with van der Waals surface area (Å²) < 4.78 is 0. The smallest absolute Gasteiger partial charge is 0.269 e. The molecule has 3 aromatic rings. The number of aromatic nitrogens is 1. The van der Waals surface area contributed by atoms with Crippen LogP contribution in [0, 0.1) is 16.0 Å². The van der Waals surface area contributed by atoms with Gasteiger partial charge in [0.25, 0.3) is 5.69 Å². The fraction of sp³-hybridized carbons (Fsp3) is 0.208. The molecule has 0 aliphatic carbocycles. The van der Waals surface area contributed by atoms with Crippen LogP contribution in [0.25, 0.3) is 0 Å². The molecule has 3 heterocycles. The number of fused-ring (bicyclic) bond motifs is 2. The molecule has 1 amide bonds. The molecule has 1 fully saturated rings. The summed E-state index contributed by atoms with van der Waals surface area (Å²) in [5, 5.41) is 14.8. The number of nitro groups is 1. The first-order chi connectivity index (χ1) is 15.8. The number of non-ortho nitro benzene ring substituents is 1. The van der Waals surface area contributed by atoms with Crippen molar-refractivity contribution in [2.24, 2.45) is 5.92 Å². The number of benzene rings is 2. The third kappa shape index (κ3) is 3.13. The zero-order chi connectivity index (χ0) is 23.3. The van der Waals surface area contributed by atoms with Crippen LogP contribution in [0.15, 0.2) is 67.0 Å². The molecular formula is C24H19ClN4O4. The predicted octanol–water partition coefficient (Wildman–Crippen LogP) is 4.02. The summed E-state index contributed by atoms with van der Waals surface area (Å²) in [4.78, 5) is 44.5. The van der Waals surface area contributed by atoms with Crippen LogP contribution >= 0.6 is 11.6 Å². The second-order valence-electron chi connectivity index (χ2n) is 8.33. The van der Waals surface area contributed by atoms with Gasteiger partial charge in [-0.1, -0.05) is 23.7 Å². The zero-order valence-electron chi connectivity index (χ0n) is 17.6. The number of halogens is 1. The molecule has 9 heteroatoms. The first-order valence-electron chi connectivity index (χ1n) is 10.4. The summed E-state index contributed by atoms with van der Waals surface area (Å²) in [6.45, 7) is 0.344. The van der Waals surface area contributed by atoms with E-state index in [2.05, 4.69) is 10.3 Å². The third-order valence-corrected chi connectivity index (χ3v) is 6.88. The van der Waals surface area contributed by atoms with Gasteiger partial charge in [0, 0.05) is 58.8 Å². The van der Waals surface area contributed by atoms with Crippen molar-refractivity contribution in [2.45, 2.75) is 11.5 Å². The van der Waals surface area contributed by atoms with Crippen LogP contribution in [-0.4, -0.2) is 40.1 Å². The largest absolute Gasteiger partial charge is 0.324 e. The molecule has 0 radical (unpaired) electrons. The molecule has 2 aliphatic rings. The van der Waals surface area contributed by atoms with Crippen molar-refractivity contribution in [2.75, 3.05) is 18.9 Å². The average molecular weight is 463 g/mol. The van der Waals surface area contributed by atoms with Crippen LogP contribution in [0.1, 0.15) is 27.4 Å². The van der Waals surface area contributed by atoms with E-state index in [1.54, 1.807) is 55.7 Å². The molecule has 5 rings (SSSR count). The van der Waals surface area contributed by atoms with Gasteiger partial charge in [-0.2, -0.15) is 0 Å². The summed E-state index contributed by atoms with van der Waals surface area (Å²) in [6, 6.07) is 14.7. The average Bonchev–Trinajstić information content (AvgIpc) is 3.29. The van der Waals surface area contributed by atoms with Crippen molar-refractivity contribution >= 4 is 34.7 Å². The minimum absolute atomic E-state index is 0.0667. The molecule has 0 saturated carbocycles. The van der Waals surface area contributed by atoms with Gasteiger partial charge in [0.05, 0.1) is 10.8 Å². The second kappa shape index (κ2) is 7.75. The molecule has 1 saturated heterocycles. The van der Waals surface area contributed by atoms with Crippen molar-refractivity contribution in [1.82, 2.24) is 9.88 Å². The van der Waals surface area contributed by atoms with E-state index in [0.717, 1.165) is 0 Å². The minimum Gasteiger partial charge on any atom is -0.324 e. The van der Waals surface area contributed by atoms with E-state index in [1.165, 1.54) is 18.3 Å². The first kappa shape index (κ1) is 21.2. The number of nitrogens with one attached hydrogen (secondary N) is 1. The van der Waals surface area contributed by atoms with E-state index in [1.807, 2.05) is 4.90 Å². The Morgan fingerprint density at radius 3 is 2.79 bits per heavy atom. The van der Waals surface area contributed by atoms with E-state index < -0.39 is 22.3 Å². The molecule has 8 nitrogen and oxygen atoms in total. The second-order valence-corrected chi connectivity index (χ2v) is 8.77. The maximum atomic E-state index is 14.0. The van der Waals surface area contributed by atoms with Crippen LogP contribution < -0.4 is 5.32 Å². The lowest BCUT2D eigenvalue weighted by Gasteiger charge is -2.35. The van der Waals surface area contributed by atoms with Gasteiger partial charge < -0.3 is 5.32 Å². The van der Waals surface area contributed by atoms with Crippen LogP contribution in [0.5, 0.6) is 0 Å². The number of carbonyl (C=O) groups excluding carboxylic acids is 2. The number of carbonyl (C=O) groups is 2. The van der Waals surface area contributed by atoms with Crippen molar-refractivity contribution in [3.05, 3.63) is 98.8 Å². The van der Waals surface area contributed by atoms with Gasteiger partial charge in [0.15, 0.2) is 5.78 Å². The number of likely N-dealkylation sites (tertiary alicyclic amines) is 1. The van der Waals surface area contributed by atoms with Crippen LogP contribution in [-0.2, 0) is 10.3 Å². The fourth-order valence-corrected chi connectivity index (χ4v) is 5.44. The highest BCUT2D eigenvalue weighted by atomic mass is 35.5. The van der Waals surface area contributed by atoms with Gasteiger partial charge in [-0.15, -0.1) is 0 Å². The number of nitro benzene ring substituents is 1. The number of Topliss-reactive ketones (excluding diaryl/α,β-unsaturated/α-hetero) is 1. The van der Waals surface area contributed by atoms with Gasteiger partial charge >= 0.3 is 0 Å². The number of hydrogen-bond donors (Lipinski definition) is 1. The summed E-state index contributed by atoms with van der Waals surface area (Å²) in [6.07, 6.45) is 3.05. The van der Waals surface area contributed by atoms with Gasteiger partial charge in [-0.3, -0.25) is 29.6 Å². The number of ketones is 1. The Hall–Kier alpha value is -3.62. The van der Waals surface area contributed by atoms with Crippen molar-refractivity contribution in [3.8, 4) is 0 Å². The quantitative estimate of drug-likeness (QED) is 0.356. The molecule has 0 bridgehead atoms. The molecular weight excluding hydrogens is 444 g/mol. The summed E-state index contributed by atoms with van der Waals surface area (Å²) in [5.41, 5.74) is 0.831. The number of rotatable bonds is 4. The molecule has 33 heavy (non-hydrogen) atoms. The molecule has 1 N–H and O–H groups in total. The summed E-state index contributed by atoms with van der Waals surface area (Å²) >= 11 is 6.31. The minimum atomic E-state index is -1.32. The molecule has 2 aromatic carbocycles. The fourth-order valence-electron chi connectivity index (χ4n) is 5.27. The molecule has 1 spiro atoms. The topological polar surface area (TPSA) is 105 Å². The lowest BCUT2D eigenvalue weighted by Crippen LogP contribution is -2.51. The maximum absolute atomic E-state index is 14.0. The van der Waals surface area contributed by atoms with Crippen LogP contribution in [0.2, 0.25) is 5.02 Å². The SMILES string of the molecule is CN1C[C@H](c2cccc([N+](=O)[O-])c2)[C@H](C(=O)c2cccnc2)[C@]12C(=O)Nc1ccc(Cl)cc12. The van der Waals surface area contributed by atoms with Crippen LogP contribution in [0.4, 0.5) is 11.4 Å². The van der Waals surface area contributed by atoms with E-state index in [-0.39, 0.29) is 17.4 Å². The Morgan fingerprint density at radius 2 is 2.06 bits per heavy atom. The van der Waals surface area contributed by atoms with E-state index in [0.29, 0.717) is 33.9 Å². The Kier molecular flexibility index (Phi) is 4.99. The van der Waals surface area contributed by atoms with Crippen molar-refractivity contribution < 1.29 is 14.5 Å². The number of nitrogens with zero attached hydrogens (tertiary/aromatic N) is 3. The Labute approximate surface area is 194 Å². The van der Waals surface area contributed by atoms with Gasteiger partial charge in [0.2, 0.25) is 5.91 Å². The number of pyridine rings is 1. The van der Waals surface area contributed by atoms with Crippen LogP contribution in [0.3, 0.4) is 0 Å². The summed E-state index contributed by atoms with van der Waals surface area (Å²) in [7, 11) is 1.79. The number of likely N-dealkylation sites (N-methyl/N-ethyl adjacent to an activating group) is 1. The lowest BCUT2D eigenvalue weighted by molar-refractivity contribution is -0.384. The van der Waals surface area contributed by atoms with E-state index in [4.69, 9.17) is 11.6 Å². The Balaban J connectivity index is 1.74. The molecule has 3 atom stereocenters. The molecule has 1 aromatic heterocycles. The first-order valence-corrected chi connectivity index (χ1v) is 10.7. The van der Waals surface area contributed by atoms with Gasteiger partial charge in [-0.05, 0) is 42.9 Å². The highest BCUT2D eigenvalue weighted by Gasteiger charge is 2.64. The molecule has 166 valence electrons. The molecule has 0 unspecified atom stereocenters. The maximum Gasteiger partial charge on any atom is 0.269 e. The van der Waals surface area contributed by atoms with E-state index >= 15 is 0 Å². The van der Waals surface area contributed by atoms with Crippen molar-refractivity contribution in [3.63, 3.8) is 0 Å². The van der Waals surface area contributed by atoms with Gasteiger partial charge in [-0.25, -0.2) is 0 Å². The normalized spacial score (nSPS) is 24.0. The number of amides is 1. The third-order valence-electron chi connectivity index (χ3n) is 6.65. The lowest BCUT2D eigenvalue weighted by atomic mass is 9.70. The Morgan fingerprint density at radius 1 is 1.24 bits per heavy atom.